The van der Waals surface area contributed by atoms with Crippen molar-refractivity contribution in [3.8, 4) is 5.75 Å². The maximum absolute atomic E-state index is 13.1. The molecule has 1 aromatic carbocycles. The van der Waals surface area contributed by atoms with Crippen LogP contribution < -0.4 is 10.3 Å². The first kappa shape index (κ1) is 18.2. The van der Waals surface area contributed by atoms with E-state index in [2.05, 4.69) is 4.90 Å². The third-order valence-electron chi connectivity index (χ3n) is 5.86. The van der Waals surface area contributed by atoms with Crippen molar-refractivity contribution in [3.05, 3.63) is 64.3 Å². The van der Waals surface area contributed by atoms with Crippen LogP contribution >= 0.6 is 0 Å². The Morgan fingerprint density at radius 1 is 1.15 bits per heavy atom. The van der Waals surface area contributed by atoms with Gasteiger partial charge in [-0.1, -0.05) is 6.07 Å². The largest absolute Gasteiger partial charge is 0.488 e. The molecule has 1 aliphatic heterocycles. The summed E-state index contributed by atoms with van der Waals surface area (Å²) >= 11 is 0. The van der Waals surface area contributed by atoms with E-state index in [1.54, 1.807) is 29.9 Å². The van der Waals surface area contributed by atoms with Gasteiger partial charge in [-0.2, -0.15) is 0 Å². The predicted octanol–water partition coefficient (Wildman–Crippen LogP) is 2.17. The monoisotopic (exact) mass is 372 g/mol. The van der Waals surface area contributed by atoms with Crippen LogP contribution in [0.15, 0.2) is 47.4 Å². The number of likely N-dealkylation sites (tertiary alicyclic amines) is 1. The van der Waals surface area contributed by atoms with Crippen LogP contribution in [0.1, 0.15) is 18.4 Å². The highest BCUT2D eigenvalue weighted by Crippen LogP contribution is 2.38. The molecule has 1 N–H and O–H groups in total. The number of pyridine rings is 1. The Kier molecular flexibility index (Phi) is 5.02. The van der Waals surface area contributed by atoms with Gasteiger partial charge in [0.1, 0.15) is 17.7 Å². The normalized spacial score (nSPS) is 28.1. The van der Waals surface area contributed by atoms with Crippen LogP contribution in [0.2, 0.25) is 0 Å². The third-order valence-corrected chi connectivity index (χ3v) is 5.86. The van der Waals surface area contributed by atoms with Crippen LogP contribution in [0.3, 0.4) is 0 Å². The van der Waals surface area contributed by atoms with Crippen LogP contribution in [0.25, 0.3) is 0 Å². The van der Waals surface area contributed by atoms with E-state index in [1.165, 1.54) is 12.1 Å². The fourth-order valence-corrected chi connectivity index (χ4v) is 4.45. The van der Waals surface area contributed by atoms with Crippen LogP contribution in [-0.2, 0) is 13.6 Å². The summed E-state index contributed by atoms with van der Waals surface area (Å²) in [4.78, 5) is 14.6. The zero-order valence-electron chi connectivity index (χ0n) is 15.4. The number of aryl methyl sites for hydroxylation is 1. The van der Waals surface area contributed by atoms with E-state index in [9.17, 15) is 14.3 Å². The lowest BCUT2D eigenvalue weighted by Crippen LogP contribution is -2.42. The highest BCUT2D eigenvalue weighted by Gasteiger charge is 2.42. The Balaban J connectivity index is 1.40. The van der Waals surface area contributed by atoms with Crippen molar-refractivity contribution >= 4 is 0 Å². The number of fused-ring (bicyclic) bond motifs is 1. The smallest absolute Gasteiger partial charge is 0.254 e. The van der Waals surface area contributed by atoms with Crippen molar-refractivity contribution in [2.24, 2.45) is 18.9 Å². The SMILES string of the molecule is Cn1cccc(CN2C[C@H]3C[C@@H](Oc4ccc(F)cc4)[C@H](O)C[C@H]3C2)c1=O. The number of rotatable bonds is 4. The van der Waals surface area contributed by atoms with E-state index in [4.69, 9.17) is 4.74 Å². The quantitative estimate of drug-likeness (QED) is 0.894. The lowest BCUT2D eigenvalue weighted by molar-refractivity contribution is -0.0231. The molecule has 0 spiro atoms. The molecule has 5 nitrogen and oxygen atoms in total. The summed E-state index contributed by atoms with van der Waals surface area (Å²) in [6, 6.07) is 9.71. The molecule has 0 unspecified atom stereocenters. The Bertz CT molecular complexity index is 851. The molecule has 4 rings (SSSR count). The van der Waals surface area contributed by atoms with Crippen molar-refractivity contribution in [2.75, 3.05) is 13.1 Å². The molecular formula is C21H25FN2O3. The van der Waals surface area contributed by atoms with Gasteiger partial charge < -0.3 is 14.4 Å². The molecule has 0 radical (unpaired) electrons. The minimum atomic E-state index is -0.527. The molecule has 1 aromatic heterocycles. The molecule has 2 heterocycles. The van der Waals surface area contributed by atoms with E-state index in [-0.39, 0.29) is 17.5 Å². The number of hydrogen-bond donors (Lipinski definition) is 1. The predicted molar refractivity (Wildman–Crippen MR) is 100.0 cm³/mol. The fraction of sp³-hybridized carbons (Fsp3) is 0.476. The molecule has 1 aliphatic carbocycles. The van der Waals surface area contributed by atoms with Gasteiger partial charge in [0.15, 0.2) is 0 Å². The van der Waals surface area contributed by atoms with Crippen molar-refractivity contribution in [1.29, 1.82) is 0 Å². The van der Waals surface area contributed by atoms with Gasteiger partial charge in [-0.15, -0.1) is 0 Å². The number of halogens is 1. The molecule has 1 saturated heterocycles. The Labute approximate surface area is 158 Å². The molecule has 1 saturated carbocycles. The minimum absolute atomic E-state index is 0.0462. The van der Waals surface area contributed by atoms with E-state index < -0.39 is 6.10 Å². The first-order chi connectivity index (χ1) is 13.0. The summed E-state index contributed by atoms with van der Waals surface area (Å²) < 4.78 is 20.6. The number of aliphatic hydroxyl groups excluding tert-OH is 1. The fourth-order valence-electron chi connectivity index (χ4n) is 4.45. The Morgan fingerprint density at radius 3 is 2.59 bits per heavy atom. The minimum Gasteiger partial charge on any atom is -0.488 e. The van der Waals surface area contributed by atoms with Gasteiger partial charge in [0.05, 0.1) is 6.10 Å². The Hall–Kier alpha value is -2.18. The summed E-state index contributed by atoms with van der Waals surface area (Å²) in [6.45, 7) is 2.43. The van der Waals surface area contributed by atoms with Crippen molar-refractivity contribution < 1.29 is 14.2 Å². The van der Waals surface area contributed by atoms with E-state index in [1.807, 2.05) is 12.1 Å². The van der Waals surface area contributed by atoms with Crippen molar-refractivity contribution in [3.63, 3.8) is 0 Å². The highest BCUT2D eigenvalue weighted by molar-refractivity contribution is 5.22. The summed E-state index contributed by atoms with van der Waals surface area (Å²) in [5.74, 6) is 1.14. The summed E-state index contributed by atoms with van der Waals surface area (Å²) in [6.07, 6.45) is 2.43. The lowest BCUT2D eigenvalue weighted by Gasteiger charge is -2.35. The number of benzene rings is 1. The van der Waals surface area contributed by atoms with Crippen LogP contribution in [0, 0.1) is 17.7 Å². The molecule has 0 amide bonds. The van der Waals surface area contributed by atoms with Gasteiger partial charge in [-0.25, -0.2) is 4.39 Å². The topological polar surface area (TPSA) is 54.7 Å². The Morgan fingerprint density at radius 2 is 1.85 bits per heavy atom. The number of aliphatic hydroxyl groups is 1. The van der Waals surface area contributed by atoms with Crippen molar-refractivity contribution in [1.82, 2.24) is 9.47 Å². The zero-order valence-corrected chi connectivity index (χ0v) is 15.4. The maximum Gasteiger partial charge on any atom is 0.254 e. The van der Waals surface area contributed by atoms with E-state index in [0.29, 0.717) is 30.6 Å². The standard InChI is InChI=1S/C21H25FN2O3/c1-23-8-2-3-14(21(23)26)11-24-12-15-9-19(25)20(10-16(15)13-24)27-18-6-4-17(22)5-7-18/h2-8,15-16,19-20,25H,9-13H2,1H3/t15-,16+,19+,20+/m0/s1. The van der Waals surface area contributed by atoms with E-state index >= 15 is 0 Å². The molecule has 2 aromatic rings. The van der Waals surface area contributed by atoms with Crippen LogP contribution in [0.4, 0.5) is 4.39 Å². The molecule has 2 aliphatic rings. The first-order valence-electron chi connectivity index (χ1n) is 9.47. The lowest BCUT2D eigenvalue weighted by atomic mass is 9.78. The van der Waals surface area contributed by atoms with Crippen LogP contribution in [0.5, 0.6) is 5.75 Å². The van der Waals surface area contributed by atoms with Gasteiger partial charge in [0.2, 0.25) is 0 Å². The molecule has 27 heavy (non-hydrogen) atoms. The highest BCUT2D eigenvalue weighted by atomic mass is 19.1. The zero-order chi connectivity index (χ0) is 19.0. The molecule has 6 heteroatoms. The molecule has 4 atom stereocenters. The summed E-state index contributed by atoms with van der Waals surface area (Å²) in [7, 11) is 1.77. The molecule has 144 valence electrons. The number of ether oxygens (including phenoxy) is 1. The van der Waals surface area contributed by atoms with Crippen molar-refractivity contribution in [2.45, 2.75) is 31.6 Å². The van der Waals surface area contributed by atoms with E-state index in [0.717, 1.165) is 25.1 Å². The number of nitrogens with zero attached hydrogens (tertiary/aromatic N) is 2. The van der Waals surface area contributed by atoms with Gasteiger partial charge >= 0.3 is 0 Å². The van der Waals surface area contributed by atoms with Gasteiger partial charge in [-0.3, -0.25) is 9.69 Å². The van der Waals surface area contributed by atoms with Crippen LogP contribution in [-0.4, -0.2) is 39.9 Å². The number of hydrogen-bond acceptors (Lipinski definition) is 4. The average Bonchev–Trinajstić information content (AvgIpc) is 3.02. The second kappa shape index (κ2) is 7.44. The number of aromatic nitrogens is 1. The molecule has 2 fully saturated rings. The van der Waals surface area contributed by atoms with Gasteiger partial charge in [0.25, 0.3) is 5.56 Å². The second-order valence-electron chi connectivity index (χ2n) is 7.81. The molecular weight excluding hydrogens is 347 g/mol. The summed E-state index contributed by atoms with van der Waals surface area (Å²) in [5.41, 5.74) is 0.850. The third kappa shape index (κ3) is 3.92. The summed E-state index contributed by atoms with van der Waals surface area (Å²) in [5, 5.41) is 10.5. The second-order valence-corrected chi connectivity index (χ2v) is 7.81. The molecule has 0 bridgehead atoms. The average molecular weight is 372 g/mol. The van der Waals surface area contributed by atoms with Gasteiger partial charge in [-0.05, 0) is 55.0 Å². The van der Waals surface area contributed by atoms with Gasteiger partial charge in [0, 0.05) is 38.4 Å². The maximum atomic E-state index is 13.1. The first-order valence-corrected chi connectivity index (χ1v) is 9.47.